The third-order valence-corrected chi connectivity index (χ3v) is 4.26. The minimum atomic E-state index is -0.223. The molecule has 0 spiro atoms. The van der Waals surface area contributed by atoms with E-state index in [9.17, 15) is 4.39 Å². The van der Waals surface area contributed by atoms with Crippen molar-refractivity contribution >= 4 is 5.69 Å². The number of hydrogen-bond acceptors (Lipinski definition) is 3. The fourth-order valence-electron chi connectivity index (χ4n) is 3.18. The number of hydrogen-bond donors (Lipinski definition) is 1. The summed E-state index contributed by atoms with van der Waals surface area (Å²) in [4.78, 5) is 0. The number of ether oxygens (including phenoxy) is 1. The summed E-state index contributed by atoms with van der Waals surface area (Å²) in [6.07, 6.45) is 3.60. The summed E-state index contributed by atoms with van der Waals surface area (Å²) in [7, 11) is 3.42. The maximum absolute atomic E-state index is 14.3. The van der Waals surface area contributed by atoms with Gasteiger partial charge in [0.25, 0.3) is 0 Å². The Morgan fingerprint density at radius 3 is 2.86 bits per heavy atom. The number of benzene rings is 1. The van der Waals surface area contributed by atoms with Gasteiger partial charge in [0.1, 0.15) is 0 Å². The quantitative estimate of drug-likeness (QED) is 0.934. The minimum Gasteiger partial charge on any atom is -0.494 e. The van der Waals surface area contributed by atoms with Crippen LogP contribution in [0.5, 0.6) is 5.75 Å². The Labute approximate surface area is 130 Å². The summed E-state index contributed by atoms with van der Waals surface area (Å²) in [5.41, 5.74) is 3.88. The second kappa shape index (κ2) is 5.63. The molecule has 22 heavy (non-hydrogen) atoms. The van der Waals surface area contributed by atoms with E-state index in [1.807, 2.05) is 24.0 Å². The van der Waals surface area contributed by atoms with Gasteiger partial charge in [-0.15, -0.1) is 0 Å². The van der Waals surface area contributed by atoms with Gasteiger partial charge in [0.05, 0.1) is 24.5 Å². The van der Waals surface area contributed by atoms with E-state index in [2.05, 4.69) is 24.3 Å². The molecule has 1 atom stereocenters. The molecule has 0 radical (unpaired) electrons. The lowest BCUT2D eigenvalue weighted by molar-refractivity contribution is 0.384. The predicted octanol–water partition coefficient (Wildman–Crippen LogP) is 3.79. The molecule has 3 rings (SSSR count). The number of rotatable bonds is 4. The molecule has 1 aliphatic carbocycles. The molecule has 118 valence electrons. The van der Waals surface area contributed by atoms with E-state index < -0.39 is 0 Å². The molecule has 4 nitrogen and oxygen atoms in total. The van der Waals surface area contributed by atoms with Gasteiger partial charge in [0.2, 0.25) is 0 Å². The second-order valence-corrected chi connectivity index (χ2v) is 6.14. The fourth-order valence-corrected chi connectivity index (χ4v) is 3.18. The molecule has 0 bridgehead atoms. The Morgan fingerprint density at radius 1 is 1.41 bits per heavy atom. The van der Waals surface area contributed by atoms with E-state index in [1.165, 1.54) is 7.11 Å². The lowest BCUT2D eigenvalue weighted by Crippen LogP contribution is -2.09. The molecule has 1 heterocycles. The highest BCUT2D eigenvalue weighted by atomic mass is 19.1. The highest BCUT2D eigenvalue weighted by Crippen LogP contribution is 2.39. The largest absolute Gasteiger partial charge is 0.494 e. The first-order valence-electron chi connectivity index (χ1n) is 7.66. The average Bonchev–Trinajstić information content (AvgIpc) is 3.04. The van der Waals surface area contributed by atoms with Crippen LogP contribution in [0, 0.1) is 5.82 Å². The third-order valence-electron chi connectivity index (χ3n) is 4.26. The van der Waals surface area contributed by atoms with Crippen LogP contribution in [0.1, 0.15) is 49.0 Å². The molecule has 1 N–H and O–H groups in total. The van der Waals surface area contributed by atoms with Crippen LogP contribution in [0.15, 0.2) is 18.3 Å². The molecule has 1 aromatic heterocycles. The van der Waals surface area contributed by atoms with Crippen molar-refractivity contribution in [1.82, 2.24) is 9.78 Å². The van der Waals surface area contributed by atoms with Crippen LogP contribution in [-0.2, 0) is 13.5 Å². The van der Waals surface area contributed by atoms with Crippen LogP contribution >= 0.6 is 0 Å². The van der Waals surface area contributed by atoms with Crippen molar-refractivity contribution in [1.29, 1.82) is 0 Å². The Bertz CT molecular complexity index is 693. The molecule has 0 saturated carbocycles. The molecule has 0 aliphatic heterocycles. The number of methoxy groups -OCH3 is 1. The van der Waals surface area contributed by atoms with Crippen molar-refractivity contribution in [3.05, 3.63) is 41.0 Å². The summed E-state index contributed by atoms with van der Waals surface area (Å²) in [6, 6.07) is 3.80. The van der Waals surface area contributed by atoms with Crippen LogP contribution in [0.2, 0.25) is 0 Å². The Balaban J connectivity index is 1.90. The van der Waals surface area contributed by atoms with E-state index in [-0.39, 0.29) is 11.9 Å². The van der Waals surface area contributed by atoms with Gasteiger partial charge < -0.3 is 10.1 Å². The second-order valence-electron chi connectivity index (χ2n) is 6.14. The van der Waals surface area contributed by atoms with Crippen LogP contribution in [0.25, 0.3) is 0 Å². The standard InChI is InChI=1S/C17H22FN3O/c1-10(2)17-14(9-21(3)20-17)19-13-7-5-12-11(13)6-8-15(22-4)16(12)18/h6,8-10,13,19H,5,7H2,1-4H3. The van der Waals surface area contributed by atoms with Crippen LogP contribution in [-0.4, -0.2) is 16.9 Å². The molecular weight excluding hydrogens is 281 g/mol. The first-order chi connectivity index (χ1) is 10.5. The van der Waals surface area contributed by atoms with Gasteiger partial charge in [0.15, 0.2) is 11.6 Å². The van der Waals surface area contributed by atoms with Crippen molar-refractivity contribution in [2.24, 2.45) is 7.05 Å². The molecule has 1 aromatic carbocycles. The van der Waals surface area contributed by atoms with Gasteiger partial charge in [-0.1, -0.05) is 19.9 Å². The molecule has 1 unspecified atom stereocenters. The highest BCUT2D eigenvalue weighted by molar-refractivity contribution is 5.52. The van der Waals surface area contributed by atoms with Gasteiger partial charge in [-0.25, -0.2) is 4.39 Å². The number of aryl methyl sites for hydroxylation is 1. The van der Waals surface area contributed by atoms with Crippen LogP contribution in [0.4, 0.5) is 10.1 Å². The smallest absolute Gasteiger partial charge is 0.168 e. The van der Waals surface area contributed by atoms with Crippen molar-refractivity contribution in [2.45, 2.75) is 38.6 Å². The van der Waals surface area contributed by atoms with Crippen LogP contribution in [0.3, 0.4) is 0 Å². The summed E-state index contributed by atoms with van der Waals surface area (Å²) < 4.78 is 21.2. The summed E-state index contributed by atoms with van der Waals surface area (Å²) in [6.45, 7) is 4.25. The molecule has 0 saturated heterocycles. The number of anilines is 1. The van der Waals surface area contributed by atoms with E-state index in [1.54, 1.807) is 6.07 Å². The van der Waals surface area contributed by atoms with Gasteiger partial charge in [-0.2, -0.15) is 5.10 Å². The van der Waals surface area contributed by atoms with Crippen molar-refractivity contribution < 1.29 is 9.13 Å². The Kier molecular flexibility index (Phi) is 3.81. The van der Waals surface area contributed by atoms with Gasteiger partial charge in [-0.3, -0.25) is 4.68 Å². The lowest BCUT2D eigenvalue weighted by atomic mass is 10.1. The van der Waals surface area contributed by atoms with Crippen molar-refractivity contribution in [3.8, 4) is 5.75 Å². The minimum absolute atomic E-state index is 0.122. The summed E-state index contributed by atoms with van der Waals surface area (Å²) >= 11 is 0. The molecule has 0 amide bonds. The zero-order chi connectivity index (χ0) is 15.9. The summed E-state index contributed by atoms with van der Waals surface area (Å²) in [5, 5.41) is 8.05. The predicted molar refractivity (Wildman–Crippen MR) is 84.9 cm³/mol. The SMILES string of the molecule is COc1ccc2c(c1F)CCC2Nc1cn(C)nc1C(C)C. The monoisotopic (exact) mass is 303 g/mol. The highest BCUT2D eigenvalue weighted by Gasteiger charge is 2.28. The molecule has 2 aromatic rings. The fraction of sp³-hybridized carbons (Fsp3) is 0.471. The van der Waals surface area contributed by atoms with E-state index >= 15 is 0 Å². The number of fused-ring (bicyclic) bond motifs is 1. The topological polar surface area (TPSA) is 39.1 Å². The number of nitrogens with zero attached hydrogens (tertiary/aromatic N) is 2. The molecular formula is C17H22FN3O. The van der Waals surface area contributed by atoms with Crippen molar-refractivity contribution in [3.63, 3.8) is 0 Å². The van der Waals surface area contributed by atoms with Gasteiger partial charge in [0, 0.05) is 13.2 Å². The average molecular weight is 303 g/mol. The maximum atomic E-state index is 14.3. The van der Waals surface area contributed by atoms with E-state index in [0.717, 1.165) is 35.3 Å². The zero-order valence-corrected chi connectivity index (χ0v) is 13.5. The number of aromatic nitrogens is 2. The van der Waals surface area contributed by atoms with Crippen molar-refractivity contribution in [2.75, 3.05) is 12.4 Å². The normalized spacial score (nSPS) is 16.9. The van der Waals surface area contributed by atoms with E-state index in [4.69, 9.17) is 4.74 Å². The van der Waals surface area contributed by atoms with E-state index in [0.29, 0.717) is 11.7 Å². The van der Waals surface area contributed by atoms with Gasteiger partial charge >= 0.3 is 0 Å². The third kappa shape index (κ3) is 2.45. The first kappa shape index (κ1) is 14.9. The number of nitrogens with one attached hydrogen (secondary N) is 1. The first-order valence-corrected chi connectivity index (χ1v) is 7.66. The Hall–Kier alpha value is -2.04. The summed E-state index contributed by atoms with van der Waals surface area (Å²) in [5.74, 6) is 0.445. The van der Waals surface area contributed by atoms with Crippen LogP contribution < -0.4 is 10.1 Å². The Morgan fingerprint density at radius 2 is 2.18 bits per heavy atom. The number of halogens is 1. The molecule has 0 fully saturated rings. The molecule has 5 heteroatoms. The zero-order valence-electron chi connectivity index (χ0n) is 13.5. The molecule has 1 aliphatic rings. The lowest BCUT2D eigenvalue weighted by Gasteiger charge is -2.16. The maximum Gasteiger partial charge on any atom is 0.168 e. The van der Waals surface area contributed by atoms with Gasteiger partial charge in [-0.05, 0) is 36.0 Å².